The number of phenolic OH excluding ortho intramolecular Hbond substituents is 1. The number of aromatic hydroxyl groups is 1. The van der Waals surface area contributed by atoms with Crippen LogP contribution in [0.5, 0.6) is 11.5 Å². The first-order chi connectivity index (χ1) is 40.0. The Balaban J connectivity index is 1.41. The molecule has 7 rings (SSSR count). The van der Waals surface area contributed by atoms with Crippen LogP contribution in [0.25, 0.3) is 0 Å². The highest BCUT2D eigenvalue weighted by molar-refractivity contribution is 7.70. The smallest absolute Gasteiger partial charge is 0.416 e. The first-order valence-electron chi connectivity index (χ1n) is 28.2. The van der Waals surface area contributed by atoms with Gasteiger partial charge < -0.3 is 73.2 Å². The molecule has 1 spiro atoms. The Labute approximate surface area is 499 Å². The van der Waals surface area contributed by atoms with E-state index in [4.69, 9.17) is 38.2 Å². The van der Waals surface area contributed by atoms with E-state index in [-0.39, 0.29) is 71.0 Å². The number of piperidine rings is 1. The van der Waals surface area contributed by atoms with Crippen molar-refractivity contribution in [2.45, 2.75) is 136 Å². The van der Waals surface area contributed by atoms with Gasteiger partial charge in [0.05, 0.1) is 49.0 Å². The van der Waals surface area contributed by atoms with E-state index in [9.17, 15) is 62.9 Å². The summed E-state index contributed by atoms with van der Waals surface area (Å²) in [5.74, 6) is -11.1. The third-order valence-electron chi connectivity index (χ3n) is 16.3. The lowest BCUT2D eigenvalue weighted by atomic mass is 9.78. The monoisotopic (exact) mass is 1250 g/mol. The van der Waals surface area contributed by atoms with Gasteiger partial charge in [-0.15, -0.1) is 0 Å². The summed E-state index contributed by atoms with van der Waals surface area (Å²) in [5.41, 5.74) is -2.80. The van der Waals surface area contributed by atoms with Gasteiger partial charge in [0.15, 0.2) is 5.40 Å². The number of rotatable bonds is 15. The van der Waals surface area contributed by atoms with Gasteiger partial charge in [0.2, 0.25) is 5.78 Å². The third kappa shape index (κ3) is 14.9. The van der Waals surface area contributed by atoms with E-state index >= 15 is 9.59 Å². The van der Waals surface area contributed by atoms with Gasteiger partial charge in [-0.25, -0.2) is 9.69 Å². The zero-order valence-electron chi connectivity index (χ0n) is 50.6. The highest BCUT2D eigenvalue weighted by Gasteiger charge is 2.58. The van der Waals surface area contributed by atoms with Gasteiger partial charge in [0.25, 0.3) is 11.7 Å². The van der Waals surface area contributed by atoms with Crippen LogP contribution in [0.1, 0.15) is 120 Å². The second-order valence-electron chi connectivity index (χ2n) is 23.2. The maximum Gasteiger partial charge on any atom is 0.416 e. The van der Waals surface area contributed by atoms with Crippen molar-refractivity contribution in [3.05, 3.63) is 69.8 Å². The molecule has 0 radical (unpaired) electrons. The van der Waals surface area contributed by atoms with Crippen LogP contribution in [-0.2, 0) is 56.7 Å². The Morgan fingerprint density at radius 1 is 0.907 bits per heavy atom. The highest BCUT2D eigenvalue weighted by Crippen LogP contribution is 2.61. The number of fused-ring (bicyclic) bond motifs is 13. The lowest BCUT2D eigenvalue weighted by molar-refractivity contribution is -0.165. The number of hydrogen-bond acceptors (Lipinski definition) is 21. The summed E-state index contributed by atoms with van der Waals surface area (Å²) in [6.45, 7) is 17.0. The molecule has 0 unspecified atom stereocenters. The quantitative estimate of drug-likeness (QED) is 0.0717. The van der Waals surface area contributed by atoms with Crippen LogP contribution < -0.4 is 10.1 Å². The average Bonchev–Trinajstić information content (AvgIpc) is 1.50. The second-order valence-corrected chi connectivity index (χ2v) is 27.3. The lowest BCUT2D eigenvalue weighted by Crippen LogP contribution is -2.54. The van der Waals surface area contributed by atoms with E-state index in [0.29, 0.717) is 19.0 Å². The molecule has 5 heterocycles. The number of aliphatic hydroxyl groups excluding tert-OH is 1. The van der Waals surface area contributed by atoms with E-state index in [2.05, 4.69) is 24.1 Å². The minimum absolute atomic E-state index is 0.0122. The van der Waals surface area contributed by atoms with Crippen molar-refractivity contribution in [1.82, 2.24) is 20.0 Å². The largest absolute Gasteiger partial charge is 0.507 e. The third-order valence-corrected chi connectivity index (χ3v) is 20.2. The van der Waals surface area contributed by atoms with Crippen molar-refractivity contribution < 1.29 is 106 Å². The van der Waals surface area contributed by atoms with E-state index in [0.717, 1.165) is 19.9 Å². The summed E-state index contributed by atoms with van der Waals surface area (Å²) in [6.07, 6.45) is 0.467. The molecule has 1 aromatic rings. The number of benzene rings is 1. The summed E-state index contributed by atoms with van der Waals surface area (Å²) in [5, 5.41) is 24.7. The van der Waals surface area contributed by atoms with Gasteiger partial charge in [-0.1, -0.05) is 59.8 Å². The second kappa shape index (κ2) is 27.5. The number of esters is 3. The average molecular weight is 1250 g/mol. The summed E-state index contributed by atoms with van der Waals surface area (Å²) >= 11 is 0. The number of carbonyl (C=O) groups is 7. The standard InChI is InChI=1S/C57H81N5O22P2/c1-29(2)27-61-22-20-57(21-23-61)59-44-41-42-48(67)35(8)52-43(41)53(69)56(10,84-52)81-25-19-37(78-12)32(5)51(82-36(9)63)34(7)47(66)33(6)50(30(3)15-14-16-31(4)54(70)58-45(49(42)68)46(44)62(57)55(71)79-13)83-39(65)28-60(11)24-26-80-38(64)17-18-40(85(72,73)74)86(75,76)77/h14-16,19,25,29-30,32-34,37,40,47,50-51,66-67H,17-18,20-24,26-28H2,1-13H3,(H,58,70)(H2,72,73,74)(H2,75,76,77)/b15-14+,25-19+,31-16-/t30-,32+,33-,34+,37-,47+,50-,51+,56-/m0/s1. The molecule has 29 heteroatoms. The molecule has 1 saturated heterocycles. The molecule has 9 atom stereocenters. The topological polar surface area (TPSA) is 374 Å². The number of nitrogens with one attached hydrogen (secondary N) is 1. The molecule has 6 aliphatic rings. The molecular weight excluding hydrogens is 1170 g/mol. The molecule has 1 aliphatic carbocycles. The molecule has 0 saturated carbocycles. The lowest BCUT2D eigenvalue weighted by Gasteiger charge is -2.43. The minimum atomic E-state index is -5.28. The number of ether oxygens (including phenoxy) is 7. The molecule has 1 fully saturated rings. The van der Waals surface area contributed by atoms with Gasteiger partial charge in [0.1, 0.15) is 47.4 Å². The van der Waals surface area contributed by atoms with Crippen LogP contribution in [0.15, 0.2) is 52.5 Å². The van der Waals surface area contributed by atoms with Gasteiger partial charge >= 0.3 is 45.0 Å². The summed E-state index contributed by atoms with van der Waals surface area (Å²) in [4.78, 5) is 146. The van der Waals surface area contributed by atoms with Gasteiger partial charge in [-0.05, 0) is 39.3 Å². The van der Waals surface area contributed by atoms with Crippen LogP contribution >= 0.6 is 15.2 Å². The molecular formula is C57H81N5O22P2. The normalized spacial score (nSPS) is 27.9. The number of methoxy groups -OCH3 is 2. The number of ketones is 2. The minimum Gasteiger partial charge on any atom is -0.507 e. The number of carbonyl (C=O) groups excluding carboxylic acids is 7. The number of amides is 2. The number of hydrogen-bond donors (Lipinski definition) is 7. The Kier molecular flexibility index (Phi) is 22.1. The van der Waals surface area contributed by atoms with Crippen LogP contribution in [0.2, 0.25) is 0 Å². The molecule has 27 nitrogen and oxygen atoms in total. The molecule has 0 aromatic heterocycles. The van der Waals surface area contributed by atoms with Crippen molar-refractivity contribution in [2.24, 2.45) is 34.6 Å². The molecule has 1 aromatic carbocycles. The van der Waals surface area contributed by atoms with Gasteiger partial charge in [-0.2, -0.15) is 0 Å². The van der Waals surface area contributed by atoms with E-state index in [1.807, 2.05) is 0 Å². The summed E-state index contributed by atoms with van der Waals surface area (Å²) < 4.78 is 64.1. The molecule has 7 N–H and O–H groups in total. The summed E-state index contributed by atoms with van der Waals surface area (Å²) in [6, 6.07) is 0. The van der Waals surface area contributed by atoms with Crippen LogP contribution in [-0.4, -0.2) is 194 Å². The van der Waals surface area contributed by atoms with Crippen LogP contribution in [0, 0.1) is 36.5 Å². The SMILES string of the molecule is COC(=O)N1C2=C3NC(=O)/C(C)=C\C=C\[C@H](C)[C@H](OC(=O)CN(C)CCOC(=O)CCC(P(=O)(O)O)P(=O)(O)O)[C@@H](C)[C@@H](O)[C@@H](C)[C@H](OC(C)=O)[C@H](C)[C@@H](OC)/C=C/O[C@@]4(C)Oc5c(C)c(O)c(c(c5C4=O)C2=NC12CCN(CC(C)C)CC2)C3=O. The van der Waals surface area contributed by atoms with Gasteiger partial charge in [0, 0.05) is 107 Å². The predicted octanol–water partition coefficient (Wildman–Crippen LogP) is 4.58. The fourth-order valence-electron chi connectivity index (χ4n) is 11.6. The number of aliphatic hydroxyl groups is 1. The first-order valence-corrected chi connectivity index (χ1v) is 31.6. The highest BCUT2D eigenvalue weighted by atomic mass is 31.2. The molecule has 5 bridgehead atoms. The summed E-state index contributed by atoms with van der Waals surface area (Å²) in [7, 11) is -6.53. The van der Waals surface area contributed by atoms with Crippen molar-refractivity contribution in [2.75, 3.05) is 60.6 Å². The van der Waals surface area contributed by atoms with Crippen molar-refractivity contribution in [3.8, 4) is 11.5 Å². The van der Waals surface area contributed by atoms with Crippen molar-refractivity contribution in [3.63, 3.8) is 0 Å². The molecule has 2 amide bonds. The van der Waals surface area contributed by atoms with E-state index < -0.39 is 152 Å². The first kappa shape index (κ1) is 69.0. The maximum atomic E-state index is 15.3. The fourth-order valence-corrected chi connectivity index (χ4v) is 14.1. The zero-order valence-corrected chi connectivity index (χ0v) is 52.4. The Bertz CT molecular complexity index is 3060. The number of aliphatic imine (C=N–C) groups is 1. The maximum absolute atomic E-state index is 15.3. The number of Topliss-reactive ketones (excluding diaryl/α,β-unsaturated/α-hetero) is 2. The Morgan fingerprint density at radius 2 is 1.53 bits per heavy atom. The number of nitrogens with zero attached hydrogens (tertiary/aromatic N) is 4. The van der Waals surface area contributed by atoms with Crippen molar-refractivity contribution in [1.29, 1.82) is 0 Å². The zero-order chi connectivity index (χ0) is 64.3. The van der Waals surface area contributed by atoms with Crippen molar-refractivity contribution >= 4 is 62.4 Å². The number of allylic oxidation sites excluding steroid dienone is 4. The molecule has 476 valence electrons. The van der Waals surface area contributed by atoms with Gasteiger partial charge in [-0.3, -0.25) is 47.8 Å². The van der Waals surface area contributed by atoms with Crippen LogP contribution in [0.3, 0.4) is 0 Å². The van der Waals surface area contributed by atoms with Crippen LogP contribution in [0.4, 0.5) is 4.79 Å². The van der Waals surface area contributed by atoms with E-state index in [1.54, 1.807) is 33.8 Å². The number of likely N-dealkylation sites (N-methyl/N-ethyl adjacent to an activating group) is 1. The Hall–Kier alpha value is -6.12. The number of phenols is 1. The number of likely N-dealkylation sites (tertiary alicyclic amines) is 1. The molecule has 5 aliphatic heterocycles. The Morgan fingerprint density at radius 3 is 2.12 bits per heavy atom. The fraction of sp³-hybridized carbons (Fsp3) is 0.614. The van der Waals surface area contributed by atoms with E-state index in [1.165, 1.54) is 69.9 Å². The predicted molar refractivity (Wildman–Crippen MR) is 307 cm³/mol. The molecule has 86 heavy (non-hydrogen) atoms.